The summed E-state index contributed by atoms with van der Waals surface area (Å²) >= 11 is 0. The number of aromatic nitrogens is 2. The first-order valence-corrected chi connectivity index (χ1v) is 9.92. The van der Waals surface area contributed by atoms with Crippen LogP contribution in [-0.4, -0.2) is 19.8 Å². The molecule has 5 aromatic rings. The second kappa shape index (κ2) is 7.49. The normalized spacial score (nSPS) is 10.8. The summed E-state index contributed by atoms with van der Waals surface area (Å²) in [6.45, 7) is 0. The number of nitrogens with zero attached hydrogens (tertiary/aromatic N) is 2. The van der Waals surface area contributed by atoms with E-state index < -0.39 is 5.56 Å². The molecule has 0 aliphatic rings. The lowest BCUT2D eigenvalue weighted by Crippen LogP contribution is -2.09. The maximum atomic E-state index is 12.7. The highest BCUT2D eigenvalue weighted by Crippen LogP contribution is 2.35. The second-order valence-corrected chi connectivity index (χ2v) is 7.38. The molecule has 2 heterocycles. The Kier molecular flexibility index (Phi) is 4.50. The van der Waals surface area contributed by atoms with E-state index in [0.717, 1.165) is 16.8 Å². The number of hydrogen-bond donors (Lipinski definition) is 3. The molecule has 0 spiro atoms. The zero-order valence-electron chi connectivity index (χ0n) is 16.8. The molecule has 0 unspecified atom stereocenters. The van der Waals surface area contributed by atoms with Crippen LogP contribution in [0.3, 0.4) is 0 Å². The van der Waals surface area contributed by atoms with Crippen LogP contribution < -0.4 is 5.56 Å². The van der Waals surface area contributed by atoms with Gasteiger partial charge in [0.25, 0.3) is 5.56 Å². The number of phenolic OH excluding ortho intramolecular Hbond substituents is 1. The molecule has 0 bridgehead atoms. The minimum absolute atomic E-state index is 0.136. The first-order chi connectivity index (χ1) is 15.6. The van der Waals surface area contributed by atoms with Crippen LogP contribution in [0.25, 0.3) is 39.0 Å². The Morgan fingerprint density at radius 2 is 1.53 bits per heavy atom. The van der Waals surface area contributed by atoms with Crippen molar-refractivity contribution in [3.63, 3.8) is 0 Å². The molecule has 5 rings (SSSR count). The number of nitriles is 1. The van der Waals surface area contributed by atoms with E-state index >= 15 is 0 Å². The summed E-state index contributed by atoms with van der Waals surface area (Å²) < 4.78 is 1.79. The van der Waals surface area contributed by atoms with Crippen molar-refractivity contribution in [3.05, 3.63) is 101 Å². The Bertz CT molecular complexity index is 1550. The molecule has 32 heavy (non-hydrogen) atoms. The fourth-order valence-electron chi connectivity index (χ4n) is 3.90. The van der Waals surface area contributed by atoms with Crippen LogP contribution in [0, 0.1) is 11.3 Å². The third kappa shape index (κ3) is 3.09. The maximum Gasteiger partial charge on any atom is 0.260 e. The zero-order chi connectivity index (χ0) is 22.2. The van der Waals surface area contributed by atoms with E-state index in [0.29, 0.717) is 22.2 Å². The zero-order valence-corrected chi connectivity index (χ0v) is 16.8. The second-order valence-electron chi connectivity index (χ2n) is 7.38. The lowest BCUT2D eigenvalue weighted by Gasteiger charge is -2.11. The summed E-state index contributed by atoms with van der Waals surface area (Å²) in [4.78, 5) is 15.5. The molecule has 0 atom stereocenters. The molecule has 6 nitrogen and oxygen atoms in total. The Balaban J connectivity index is 1.63. The molecule has 0 saturated carbocycles. The molecule has 0 amide bonds. The van der Waals surface area contributed by atoms with Crippen molar-refractivity contribution in [2.45, 2.75) is 0 Å². The van der Waals surface area contributed by atoms with Gasteiger partial charge in [-0.1, -0.05) is 42.5 Å². The highest BCUT2D eigenvalue weighted by molar-refractivity contribution is 5.91. The van der Waals surface area contributed by atoms with Gasteiger partial charge in [-0.15, -0.1) is 0 Å². The fourth-order valence-corrected chi connectivity index (χ4v) is 3.90. The van der Waals surface area contributed by atoms with Crippen molar-refractivity contribution in [1.82, 2.24) is 9.55 Å². The lowest BCUT2D eigenvalue weighted by molar-refractivity contribution is 0.477. The number of nitrogens with one attached hydrogen (secondary N) is 1. The van der Waals surface area contributed by atoms with E-state index in [9.17, 15) is 15.0 Å². The highest BCUT2D eigenvalue weighted by atomic mass is 16.3. The number of para-hydroxylation sites is 1. The number of phenols is 1. The SMILES string of the molecule is N#Cc1ccc(-c2c(O)c3c(ccn3-c3ccc(-c4ccccc4O)cc3)[nH]c2=O)cc1. The van der Waals surface area contributed by atoms with E-state index in [1.54, 1.807) is 53.2 Å². The number of rotatable bonds is 3. The van der Waals surface area contributed by atoms with Crippen LogP contribution in [0.2, 0.25) is 0 Å². The summed E-state index contributed by atoms with van der Waals surface area (Å²) in [7, 11) is 0. The summed E-state index contributed by atoms with van der Waals surface area (Å²) in [6, 6.07) is 24.9. The van der Waals surface area contributed by atoms with Crippen LogP contribution in [-0.2, 0) is 0 Å². The van der Waals surface area contributed by atoms with Gasteiger partial charge in [0.2, 0.25) is 0 Å². The molecule has 3 aromatic carbocycles. The van der Waals surface area contributed by atoms with E-state index in [-0.39, 0.29) is 17.1 Å². The maximum absolute atomic E-state index is 12.7. The third-order valence-corrected chi connectivity index (χ3v) is 5.49. The molecular formula is C26H17N3O3. The van der Waals surface area contributed by atoms with E-state index in [2.05, 4.69) is 4.98 Å². The smallest absolute Gasteiger partial charge is 0.260 e. The Morgan fingerprint density at radius 1 is 0.844 bits per heavy atom. The first kappa shape index (κ1) is 19.2. The molecule has 6 heteroatoms. The Morgan fingerprint density at radius 3 is 2.22 bits per heavy atom. The van der Waals surface area contributed by atoms with Crippen LogP contribution >= 0.6 is 0 Å². The molecule has 154 valence electrons. The standard InChI is InChI=1S/C26H17N3O3/c27-15-16-5-7-18(8-6-16)23-25(31)24-21(28-26(23)32)13-14-29(24)19-11-9-17(10-12-19)20-3-1-2-4-22(20)30/h1-14,30H,(H2,28,31,32). The number of hydrogen-bond acceptors (Lipinski definition) is 4. The number of H-pyrrole nitrogens is 1. The molecule has 0 fully saturated rings. The van der Waals surface area contributed by atoms with Crippen molar-refractivity contribution in [2.75, 3.05) is 0 Å². The number of pyridine rings is 1. The third-order valence-electron chi connectivity index (χ3n) is 5.49. The Hall–Kier alpha value is -4.76. The molecule has 2 aromatic heterocycles. The summed E-state index contributed by atoms with van der Waals surface area (Å²) in [6.07, 6.45) is 1.78. The Labute approximate surface area is 182 Å². The lowest BCUT2D eigenvalue weighted by atomic mass is 10.0. The topological polar surface area (TPSA) is 102 Å². The van der Waals surface area contributed by atoms with Crippen LogP contribution in [0.5, 0.6) is 11.5 Å². The fraction of sp³-hybridized carbons (Fsp3) is 0. The van der Waals surface area contributed by atoms with Crippen molar-refractivity contribution in [2.24, 2.45) is 0 Å². The van der Waals surface area contributed by atoms with Crippen molar-refractivity contribution in [1.29, 1.82) is 5.26 Å². The summed E-state index contributed by atoms with van der Waals surface area (Å²) in [5.74, 6) is 0.0668. The number of aromatic amines is 1. The number of aromatic hydroxyl groups is 2. The average Bonchev–Trinajstić information content (AvgIpc) is 3.24. The molecule has 3 N–H and O–H groups in total. The van der Waals surface area contributed by atoms with Gasteiger partial charge in [-0.05, 0) is 47.5 Å². The van der Waals surface area contributed by atoms with Crippen LogP contribution in [0.15, 0.2) is 89.9 Å². The van der Waals surface area contributed by atoms with E-state index in [1.807, 2.05) is 42.5 Å². The van der Waals surface area contributed by atoms with Crippen molar-refractivity contribution >= 4 is 11.0 Å². The van der Waals surface area contributed by atoms with Gasteiger partial charge in [0.1, 0.15) is 11.3 Å². The van der Waals surface area contributed by atoms with E-state index in [4.69, 9.17) is 5.26 Å². The van der Waals surface area contributed by atoms with Gasteiger partial charge in [0, 0.05) is 17.4 Å². The molecule has 0 aliphatic carbocycles. The molecular weight excluding hydrogens is 402 g/mol. The predicted molar refractivity (Wildman–Crippen MR) is 123 cm³/mol. The van der Waals surface area contributed by atoms with E-state index in [1.165, 1.54) is 0 Å². The monoisotopic (exact) mass is 419 g/mol. The quantitative estimate of drug-likeness (QED) is 0.386. The van der Waals surface area contributed by atoms with Crippen LogP contribution in [0.1, 0.15) is 5.56 Å². The first-order valence-electron chi connectivity index (χ1n) is 9.92. The minimum Gasteiger partial charge on any atom is -0.507 e. The van der Waals surface area contributed by atoms with Crippen LogP contribution in [0.4, 0.5) is 0 Å². The van der Waals surface area contributed by atoms with Gasteiger partial charge in [-0.3, -0.25) is 4.79 Å². The number of benzene rings is 3. The molecule has 0 aliphatic heterocycles. The molecule has 0 radical (unpaired) electrons. The molecule has 0 saturated heterocycles. The highest BCUT2D eigenvalue weighted by Gasteiger charge is 2.18. The number of fused-ring (bicyclic) bond motifs is 1. The minimum atomic E-state index is -0.410. The van der Waals surface area contributed by atoms with Gasteiger partial charge in [-0.2, -0.15) is 5.26 Å². The van der Waals surface area contributed by atoms with Gasteiger partial charge in [0.05, 0.1) is 22.7 Å². The average molecular weight is 419 g/mol. The van der Waals surface area contributed by atoms with Gasteiger partial charge in [0.15, 0.2) is 5.75 Å². The largest absolute Gasteiger partial charge is 0.507 e. The summed E-state index contributed by atoms with van der Waals surface area (Å²) in [5.41, 5.74) is 4.08. The van der Waals surface area contributed by atoms with Crippen molar-refractivity contribution in [3.8, 4) is 45.5 Å². The van der Waals surface area contributed by atoms with Gasteiger partial charge < -0.3 is 19.8 Å². The van der Waals surface area contributed by atoms with Crippen molar-refractivity contribution < 1.29 is 10.2 Å². The summed E-state index contributed by atoms with van der Waals surface area (Å²) in [5, 5.41) is 30.2. The predicted octanol–water partition coefficient (Wildman–Crippen LogP) is 4.94. The van der Waals surface area contributed by atoms with Gasteiger partial charge in [-0.25, -0.2) is 0 Å². The van der Waals surface area contributed by atoms with Gasteiger partial charge >= 0.3 is 0 Å².